The minimum atomic E-state index is -1.08. The van der Waals surface area contributed by atoms with E-state index in [1.807, 2.05) is 24.8 Å². The van der Waals surface area contributed by atoms with Crippen LogP contribution in [0.4, 0.5) is 0 Å². The van der Waals surface area contributed by atoms with E-state index >= 15 is 0 Å². The Hall–Kier alpha value is -2.44. The zero-order valence-corrected chi connectivity index (χ0v) is 22.0. The Balaban J connectivity index is -0.000000114. The molecule has 2 aromatic heterocycles. The zero-order valence-electron chi connectivity index (χ0n) is 18.0. The molecule has 0 bridgehead atoms. The van der Waals surface area contributed by atoms with Crippen LogP contribution in [-0.4, -0.2) is 33.8 Å². The molecule has 174 valence electrons. The smallest absolute Gasteiger partial charge is 0.550 e. The van der Waals surface area contributed by atoms with E-state index in [1.165, 1.54) is 11.1 Å². The monoisotopic (exact) mass is 616 g/mol. The van der Waals surface area contributed by atoms with Crippen molar-refractivity contribution in [3.63, 3.8) is 0 Å². The van der Waals surface area contributed by atoms with Crippen LogP contribution in [0.5, 0.6) is 0 Å². The van der Waals surface area contributed by atoms with Gasteiger partial charge in [-0.25, -0.2) is 0 Å². The summed E-state index contributed by atoms with van der Waals surface area (Å²) in [5, 5.41) is 35.6. The van der Waals surface area contributed by atoms with Gasteiger partial charge in [-0.15, -0.1) is 0 Å². The number of rotatable bonds is 3. The van der Waals surface area contributed by atoms with E-state index < -0.39 is 23.9 Å². The first kappa shape index (κ1) is 40.0. The molecule has 12 heteroatoms. The maximum absolute atomic E-state index is 8.89. The zero-order chi connectivity index (χ0) is 23.9. The summed E-state index contributed by atoms with van der Waals surface area (Å²) in [4.78, 5) is 43.5. The van der Waals surface area contributed by atoms with E-state index in [4.69, 9.17) is 39.6 Å². The summed E-state index contributed by atoms with van der Waals surface area (Å²) in [5.74, 6) is -4.33. The van der Waals surface area contributed by atoms with Gasteiger partial charge in [0.15, 0.2) is 0 Å². The molecule has 2 aromatic rings. The molecule has 0 aliphatic carbocycles. The number of nitrogens with zero attached hydrogens (tertiary/aromatic N) is 2. The molecule has 0 atom stereocenters. The van der Waals surface area contributed by atoms with Gasteiger partial charge in [0.2, 0.25) is 0 Å². The van der Waals surface area contributed by atoms with Gasteiger partial charge in [-0.2, -0.15) is 0 Å². The van der Waals surface area contributed by atoms with Gasteiger partial charge in [-0.05, 0) is 75.9 Å². The Labute approximate surface area is 215 Å². The third kappa shape index (κ3) is 56.4. The molecule has 2 rings (SSSR count). The van der Waals surface area contributed by atoms with Crippen molar-refractivity contribution in [1.29, 1.82) is 0 Å². The van der Waals surface area contributed by atoms with Crippen molar-refractivity contribution in [2.45, 2.75) is 40.5 Å². The van der Waals surface area contributed by atoms with E-state index in [0.29, 0.717) is 0 Å². The van der Waals surface area contributed by atoms with Crippen LogP contribution in [0.3, 0.4) is 0 Å². The normalized spacial score (nSPS) is 7.50. The van der Waals surface area contributed by atoms with Crippen molar-refractivity contribution in [3.8, 4) is 0 Å². The molecule has 10 nitrogen and oxygen atoms in total. The van der Waals surface area contributed by atoms with Crippen molar-refractivity contribution in [2.75, 3.05) is 0 Å². The average molecular weight is 612 g/mol. The first-order valence-corrected chi connectivity index (χ1v) is 8.36. The van der Waals surface area contributed by atoms with E-state index in [2.05, 4.69) is 34.2 Å². The maximum atomic E-state index is 8.89. The minimum Gasteiger partial charge on any atom is -0.550 e. The Kier molecular flexibility index (Phi) is 35.7. The number of carbonyl (C=O) groups is 4. The van der Waals surface area contributed by atoms with Crippen LogP contribution < -0.4 is 20.4 Å². The quantitative estimate of drug-likeness (QED) is 0.330. The Morgan fingerprint density at radius 2 is 0.719 bits per heavy atom. The predicted octanol–water partition coefficient (Wildman–Crippen LogP) is -2.72. The van der Waals surface area contributed by atoms with Crippen LogP contribution in [-0.2, 0) is 74.2 Å². The largest absolute Gasteiger partial charge is 2.00 e. The number of aromatic nitrogens is 2. The summed E-state index contributed by atoms with van der Waals surface area (Å²) in [5.41, 5.74) is 2.66. The number of carboxylic acid groups (broad SMARTS) is 4. The van der Waals surface area contributed by atoms with Crippen molar-refractivity contribution < 1.29 is 81.7 Å². The number of hydrogen-bond acceptors (Lipinski definition) is 10. The summed E-state index contributed by atoms with van der Waals surface area (Å²) >= 11 is 0. The van der Waals surface area contributed by atoms with Crippen molar-refractivity contribution >= 4 is 23.9 Å². The molecule has 2 heterocycles. The molecule has 0 saturated heterocycles. The second-order valence-electron chi connectivity index (χ2n) is 5.18. The molecular formula is C20H24Mo2N2O8. The van der Waals surface area contributed by atoms with Crippen LogP contribution in [0, 0.1) is 0 Å². The van der Waals surface area contributed by atoms with Gasteiger partial charge in [-0.3, -0.25) is 9.97 Å². The van der Waals surface area contributed by atoms with Gasteiger partial charge in [-0.1, -0.05) is 0 Å². The molecular weight excluding hydrogens is 588 g/mol. The number of pyridine rings is 2. The summed E-state index contributed by atoms with van der Waals surface area (Å²) in [6.07, 6.45) is 9.46. The summed E-state index contributed by atoms with van der Waals surface area (Å²) in [7, 11) is 0. The molecule has 0 N–H and O–H groups in total. The van der Waals surface area contributed by atoms with E-state index in [-0.39, 0.29) is 42.1 Å². The predicted molar refractivity (Wildman–Crippen MR) is 98.6 cm³/mol. The standard InChI is InChI=1S/C12H12N2.4C2H4O2.2Mo/c1(11-3-7-13-8-4-11)2-12-5-9-14-10-6-12;4*1-2(3)4;;/h3-10H,1-2H2;4*1H3,(H,3,4);;/q;;;;;2*+2/p-4. The molecule has 0 fully saturated rings. The molecule has 0 amide bonds. The molecule has 32 heavy (non-hydrogen) atoms. The maximum Gasteiger partial charge on any atom is 2.00 e. The van der Waals surface area contributed by atoms with Gasteiger partial charge in [0.25, 0.3) is 0 Å². The van der Waals surface area contributed by atoms with Crippen LogP contribution in [0.25, 0.3) is 0 Å². The number of aliphatic carboxylic acids is 4. The Morgan fingerprint density at radius 1 is 0.562 bits per heavy atom. The fourth-order valence-corrected chi connectivity index (χ4v) is 1.39. The van der Waals surface area contributed by atoms with Crippen molar-refractivity contribution in [3.05, 3.63) is 60.2 Å². The summed E-state index contributed by atoms with van der Waals surface area (Å²) in [6, 6.07) is 8.23. The van der Waals surface area contributed by atoms with E-state index in [0.717, 1.165) is 40.5 Å². The number of hydrogen-bond donors (Lipinski definition) is 0. The number of carbonyl (C=O) groups excluding carboxylic acids is 4. The van der Waals surface area contributed by atoms with Crippen LogP contribution in [0.1, 0.15) is 38.8 Å². The molecule has 0 radical (unpaired) electrons. The van der Waals surface area contributed by atoms with Gasteiger partial charge < -0.3 is 39.6 Å². The SMILES string of the molecule is CC(=O)[O-].CC(=O)[O-].CC(=O)[O-].CC(=O)[O-].[Mo+2].[Mo+2].c1cc(CCc2ccncc2)ccn1. The van der Waals surface area contributed by atoms with Crippen LogP contribution in [0.15, 0.2) is 49.1 Å². The molecule has 0 unspecified atom stereocenters. The molecule has 0 spiro atoms. The van der Waals surface area contributed by atoms with Crippen LogP contribution in [0.2, 0.25) is 0 Å². The third-order valence-electron chi connectivity index (χ3n) is 2.20. The second-order valence-corrected chi connectivity index (χ2v) is 5.18. The van der Waals surface area contributed by atoms with E-state index in [1.54, 1.807) is 0 Å². The topological polar surface area (TPSA) is 186 Å². The van der Waals surface area contributed by atoms with Gasteiger partial charge in [0, 0.05) is 48.7 Å². The third-order valence-corrected chi connectivity index (χ3v) is 2.20. The molecule has 0 aromatic carbocycles. The summed E-state index contributed by atoms with van der Waals surface area (Å²) < 4.78 is 0. The first-order chi connectivity index (χ1) is 13.9. The van der Waals surface area contributed by atoms with Gasteiger partial charge in [0.1, 0.15) is 0 Å². The fourth-order valence-electron chi connectivity index (χ4n) is 1.39. The Bertz CT molecular complexity index is 629. The Morgan fingerprint density at radius 3 is 0.875 bits per heavy atom. The van der Waals surface area contributed by atoms with Gasteiger partial charge in [0.05, 0.1) is 0 Å². The van der Waals surface area contributed by atoms with Crippen LogP contribution >= 0.6 is 0 Å². The van der Waals surface area contributed by atoms with Crippen molar-refractivity contribution in [1.82, 2.24) is 9.97 Å². The fraction of sp³-hybridized carbons (Fsp3) is 0.300. The van der Waals surface area contributed by atoms with Gasteiger partial charge >= 0.3 is 42.1 Å². The second kappa shape index (κ2) is 28.6. The average Bonchev–Trinajstić information content (AvgIpc) is 2.60. The van der Waals surface area contributed by atoms with Crippen molar-refractivity contribution in [2.24, 2.45) is 0 Å². The summed E-state index contributed by atoms with van der Waals surface area (Å²) in [6.45, 7) is 3.89. The number of carboxylic acids is 4. The number of aryl methyl sites for hydroxylation is 2. The minimum absolute atomic E-state index is 0. The molecule has 0 aliphatic rings. The first-order valence-electron chi connectivity index (χ1n) is 8.36. The van der Waals surface area contributed by atoms with E-state index in [9.17, 15) is 0 Å². The molecule has 0 saturated carbocycles. The molecule has 0 aliphatic heterocycles.